The van der Waals surface area contributed by atoms with Crippen LogP contribution in [0.2, 0.25) is 0 Å². The molecule has 1 aliphatic heterocycles. The average Bonchev–Trinajstić information content (AvgIpc) is 2.02. The second-order valence-corrected chi connectivity index (χ2v) is 5.41. The molecule has 1 heterocycles. The van der Waals surface area contributed by atoms with E-state index in [-0.39, 0.29) is 0 Å². The molecule has 1 saturated heterocycles. The fourth-order valence-electron chi connectivity index (χ4n) is 1.92. The molecule has 0 atom stereocenters. The van der Waals surface area contributed by atoms with Crippen molar-refractivity contribution >= 4 is 11.8 Å². The number of rotatable bonds is 7. The molecule has 0 aromatic carbocycles. The molecule has 0 aromatic rings. The standard InChI is InChI=1S/C11H23NOS/c1-3-5-11(13,6-4-2)9-12-10-7-14-8-10/h10,12-13H,3-9H2,1-2H3. The van der Waals surface area contributed by atoms with E-state index in [1.165, 1.54) is 11.5 Å². The third-order valence-corrected chi connectivity index (χ3v) is 4.06. The molecule has 0 radical (unpaired) electrons. The SMILES string of the molecule is CCCC(O)(CCC)CNC1CSC1. The summed E-state index contributed by atoms with van der Waals surface area (Å²) in [7, 11) is 0. The summed E-state index contributed by atoms with van der Waals surface area (Å²) in [5.74, 6) is 2.43. The summed E-state index contributed by atoms with van der Waals surface area (Å²) in [6, 6.07) is 0.653. The third kappa shape index (κ3) is 3.79. The number of thioether (sulfide) groups is 1. The summed E-state index contributed by atoms with van der Waals surface area (Å²) >= 11 is 1.98. The minimum Gasteiger partial charge on any atom is -0.389 e. The molecule has 0 spiro atoms. The normalized spacial score (nSPS) is 18.2. The maximum Gasteiger partial charge on any atom is 0.0771 e. The first kappa shape index (κ1) is 12.3. The van der Waals surface area contributed by atoms with Gasteiger partial charge in [0.05, 0.1) is 5.60 Å². The minimum absolute atomic E-state index is 0.455. The number of nitrogens with one attached hydrogen (secondary N) is 1. The Morgan fingerprint density at radius 1 is 1.29 bits per heavy atom. The van der Waals surface area contributed by atoms with Crippen molar-refractivity contribution in [3.63, 3.8) is 0 Å². The lowest BCUT2D eigenvalue weighted by Gasteiger charge is -2.33. The van der Waals surface area contributed by atoms with Crippen LogP contribution in [0, 0.1) is 0 Å². The van der Waals surface area contributed by atoms with Gasteiger partial charge >= 0.3 is 0 Å². The van der Waals surface area contributed by atoms with E-state index in [1.54, 1.807) is 0 Å². The van der Waals surface area contributed by atoms with Crippen LogP contribution >= 0.6 is 11.8 Å². The van der Waals surface area contributed by atoms with E-state index in [0.717, 1.165) is 32.2 Å². The molecule has 0 aromatic heterocycles. The minimum atomic E-state index is -0.455. The van der Waals surface area contributed by atoms with Crippen molar-refractivity contribution in [2.24, 2.45) is 0 Å². The lowest BCUT2D eigenvalue weighted by molar-refractivity contribution is 0.0201. The Bertz CT molecular complexity index is 153. The summed E-state index contributed by atoms with van der Waals surface area (Å²) in [6.45, 7) is 5.06. The van der Waals surface area contributed by atoms with Crippen molar-refractivity contribution in [1.29, 1.82) is 0 Å². The van der Waals surface area contributed by atoms with E-state index in [9.17, 15) is 5.11 Å². The third-order valence-electron chi connectivity index (χ3n) is 2.79. The fourth-order valence-corrected chi connectivity index (χ4v) is 2.63. The van der Waals surface area contributed by atoms with Crippen LogP contribution in [0.1, 0.15) is 39.5 Å². The van der Waals surface area contributed by atoms with Crippen LogP contribution in [0.5, 0.6) is 0 Å². The van der Waals surface area contributed by atoms with Crippen LogP contribution in [0.4, 0.5) is 0 Å². The number of hydrogen-bond acceptors (Lipinski definition) is 3. The van der Waals surface area contributed by atoms with Gasteiger partial charge in [0.25, 0.3) is 0 Å². The summed E-state index contributed by atoms with van der Waals surface area (Å²) in [5, 5.41) is 13.8. The monoisotopic (exact) mass is 217 g/mol. The Hall–Kier alpha value is 0.270. The summed E-state index contributed by atoms with van der Waals surface area (Å²) in [5.41, 5.74) is -0.455. The molecule has 2 N–H and O–H groups in total. The summed E-state index contributed by atoms with van der Waals surface area (Å²) < 4.78 is 0. The lowest BCUT2D eigenvalue weighted by atomic mass is 9.92. The highest BCUT2D eigenvalue weighted by atomic mass is 32.2. The average molecular weight is 217 g/mol. The van der Waals surface area contributed by atoms with Gasteiger partial charge in [-0.05, 0) is 12.8 Å². The zero-order valence-electron chi connectivity index (χ0n) is 9.38. The first-order valence-electron chi connectivity index (χ1n) is 5.73. The van der Waals surface area contributed by atoms with Crippen molar-refractivity contribution in [1.82, 2.24) is 5.32 Å². The molecule has 0 unspecified atom stereocenters. The summed E-state index contributed by atoms with van der Waals surface area (Å²) in [6.07, 6.45) is 3.98. The topological polar surface area (TPSA) is 32.3 Å². The van der Waals surface area contributed by atoms with Crippen LogP contribution in [0.25, 0.3) is 0 Å². The molecule has 3 heteroatoms. The van der Waals surface area contributed by atoms with Gasteiger partial charge in [0.1, 0.15) is 0 Å². The summed E-state index contributed by atoms with van der Waals surface area (Å²) in [4.78, 5) is 0. The largest absolute Gasteiger partial charge is 0.389 e. The molecule has 1 fully saturated rings. The molecule has 0 amide bonds. The molecular formula is C11H23NOS. The Kier molecular flexibility index (Phi) is 5.28. The Morgan fingerprint density at radius 2 is 1.86 bits per heavy atom. The van der Waals surface area contributed by atoms with Gasteiger partial charge < -0.3 is 10.4 Å². The highest BCUT2D eigenvalue weighted by Crippen LogP contribution is 2.21. The molecule has 0 bridgehead atoms. The second kappa shape index (κ2) is 5.99. The van der Waals surface area contributed by atoms with Crippen LogP contribution < -0.4 is 5.32 Å². The van der Waals surface area contributed by atoms with Gasteiger partial charge in [-0.3, -0.25) is 0 Å². The van der Waals surface area contributed by atoms with Gasteiger partial charge in [-0.2, -0.15) is 11.8 Å². The van der Waals surface area contributed by atoms with E-state index in [2.05, 4.69) is 19.2 Å². The number of hydrogen-bond donors (Lipinski definition) is 2. The predicted octanol–water partition coefficient (Wildman–Crippen LogP) is 2.02. The van der Waals surface area contributed by atoms with Crippen molar-refractivity contribution < 1.29 is 5.11 Å². The lowest BCUT2D eigenvalue weighted by Crippen LogP contribution is -2.49. The molecule has 14 heavy (non-hydrogen) atoms. The van der Waals surface area contributed by atoms with E-state index in [0.29, 0.717) is 6.04 Å². The van der Waals surface area contributed by atoms with Gasteiger partial charge in [0.15, 0.2) is 0 Å². The number of aliphatic hydroxyl groups is 1. The van der Waals surface area contributed by atoms with Crippen LogP contribution in [0.15, 0.2) is 0 Å². The van der Waals surface area contributed by atoms with Gasteiger partial charge in [0.2, 0.25) is 0 Å². The Balaban J connectivity index is 2.25. The van der Waals surface area contributed by atoms with Gasteiger partial charge in [-0.15, -0.1) is 0 Å². The Morgan fingerprint density at radius 3 is 2.21 bits per heavy atom. The molecule has 1 rings (SSSR count). The van der Waals surface area contributed by atoms with E-state index < -0.39 is 5.60 Å². The second-order valence-electron chi connectivity index (χ2n) is 4.34. The van der Waals surface area contributed by atoms with Crippen molar-refractivity contribution in [3.05, 3.63) is 0 Å². The highest BCUT2D eigenvalue weighted by molar-refractivity contribution is 8.00. The fraction of sp³-hybridized carbons (Fsp3) is 1.00. The first-order valence-corrected chi connectivity index (χ1v) is 6.89. The van der Waals surface area contributed by atoms with Crippen LogP contribution in [-0.4, -0.2) is 34.8 Å². The van der Waals surface area contributed by atoms with Crippen LogP contribution in [0.3, 0.4) is 0 Å². The molecule has 2 nitrogen and oxygen atoms in total. The van der Waals surface area contributed by atoms with E-state index in [4.69, 9.17) is 0 Å². The molecule has 1 aliphatic rings. The molecule has 84 valence electrons. The zero-order chi connectivity index (χ0) is 10.4. The van der Waals surface area contributed by atoms with E-state index in [1.807, 2.05) is 11.8 Å². The van der Waals surface area contributed by atoms with E-state index >= 15 is 0 Å². The van der Waals surface area contributed by atoms with Crippen LogP contribution in [-0.2, 0) is 0 Å². The van der Waals surface area contributed by atoms with Crippen molar-refractivity contribution in [2.75, 3.05) is 18.1 Å². The first-order chi connectivity index (χ1) is 6.70. The Labute approximate surface area is 91.9 Å². The van der Waals surface area contributed by atoms with Crippen molar-refractivity contribution in [3.8, 4) is 0 Å². The van der Waals surface area contributed by atoms with Gasteiger partial charge in [-0.1, -0.05) is 26.7 Å². The molecule has 0 aliphatic carbocycles. The molecule has 0 saturated carbocycles. The maximum atomic E-state index is 10.3. The molecular weight excluding hydrogens is 194 g/mol. The smallest absolute Gasteiger partial charge is 0.0771 e. The van der Waals surface area contributed by atoms with Gasteiger partial charge in [-0.25, -0.2) is 0 Å². The predicted molar refractivity (Wildman–Crippen MR) is 63.9 cm³/mol. The zero-order valence-corrected chi connectivity index (χ0v) is 10.2. The maximum absolute atomic E-state index is 10.3. The van der Waals surface area contributed by atoms with Gasteiger partial charge in [0, 0.05) is 24.1 Å². The quantitative estimate of drug-likeness (QED) is 0.684. The highest BCUT2D eigenvalue weighted by Gasteiger charge is 2.27. The van der Waals surface area contributed by atoms with Crippen molar-refractivity contribution in [2.45, 2.75) is 51.2 Å².